The van der Waals surface area contributed by atoms with Gasteiger partial charge in [0.25, 0.3) is 0 Å². The number of hydrogen-bond donors (Lipinski definition) is 1. The monoisotopic (exact) mass is 173 g/mol. The summed E-state index contributed by atoms with van der Waals surface area (Å²) in [5, 5.41) is 1.08. The molecule has 1 radical (unpaired) electrons. The number of aromatic amines is 1. The predicted octanol–water partition coefficient (Wildman–Crippen LogP) is 1.52. The molecule has 1 heterocycles. The number of nitrogens with one attached hydrogen (secondary N) is 2. The van der Waals surface area contributed by atoms with Gasteiger partial charge in [-0.2, -0.15) is 0 Å². The van der Waals surface area contributed by atoms with Crippen molar-refractivity contribution in [1.29, 1.82) is 0 Å². The molecule has 1 aromatic heterocycles. The second-order valence-corrected chi connectivity index (χ2v) is 2.98. The Morgan fingerprint density at radius 1 is 1.38 bits per heavy atom. The number of aromatic nitrogens is 1. The third-order valence-corrected chi connectivity index (χ3v) is 1.94. The highest BCUT2D eigenvalue weighted by Crippen LogP contribution is 2.14. The number of fused-ring (bicyclic) bond motifs is 1. The van der Waals surface area contributed by atoms with Gasteiger partial charge in [-0.15, -0.1) is 0 Å². The van der Waals surface area contributed by atoms with E-state index < -0.39 is 5.91 Å². The molecule has 0 atom stereocenters. The maximum Gasteiger partial charge on any atom is 0.244 e. The zero-order chi connectivity index (χ0) is 9.26. The molecule has 0 aliphatic rings. The first kappa shape index (κ1) is 7.86. The first-order valence-electron chi connectivity index (χ1n) is 4.07. The Morgan fingerprint density at radius 3 is 2.85 bits per heavy atom. The molecular weight excluding hydrogens is 164 g/mol. The lowest BCUT2D eigenvalue weighted by molar-refractivity contribution is -0.118. The average Bonchev–Trinajstić information content (AvgIpc) is 2.44. The van der Waals surface area contributed by atoms with E-state index in [4.69, 9.17) is 5.73 Å². The molecule has 0 aliphatic carbocycles. The number of benzene rings is 1. The third kappa shape index (κ3) is 1.54. The van der Waals surface area contributed by atoms with Crippen LogP contribution in [0.3, 0.4) is 0 Å². The highest BCUT2D eigenvalue weighted by molar-refractivity contribution is 5.83. The molecular formula is C10H9N2O. The fourth-order valence-electron chi connectivity index (χ4n) is 1.40. The normalized spacial score (nSPS) is 10.5. The van der Waals surface area contributed by atoms with Gasteiger partial charge in [0, 0.05) is 11.2 Å². The highest BCUT2D eigenvalue weighted by Gasteiger charge is 2.02. The lowest BCUT2D eigenvalue weighted by atomic mass is 10.2. The van der Waals surface area contributed by atoms with Crippen LogP contribution >= 0.6 is 0 Å². The van der Waals surface area contributed by atoms with Gasteiger partial charge in [-0.25, -0.2) is 0 Å². The van der Waals surface area contributed by atoms with Gasteiger partial charge in [0.1, 0.15) is 0 Å². The first-order chi connectivity index (χ1) is 6.25. The number of carbonyl (C=O) groups excluding carboxylic acids is 1. The predicted molar refractivity (Wildman–Crippen MR) is 50.1 cm³/mol. The van der Waals surface area contributed by atoms with Crippen LogP contribution in [0.25, 0.3) is 10.9 Å². The number of hydrogen-bond acceptors (Lipinski definition) is 1. The van der Waals surface area contributed by atoms with Crippen LogP contribution in [0.1, 0.15) is 5.69 Å². The molecule has 0 unspecified atom stereocenters. The van der Waals surface area contributed by atoms with Crippen LogP contribution in [0.2, 0.25) is 0 Å². The standard InChI is InChI=1S/C10H9N2O/c11-10(13)6-8-5-7-3-1-2-4-9(7)12-8/h1-5,11-12H,6H2. The van der Waals surface area contributed by atoms with Gasteiger partial charge in [-0.3, -0.25) is 10.5 Å². The van der Waals surface area contributed by atoms with Gasteiger partial charge in [0.15, 0.2) is 0 Å². The summed E-state index contributed by atoms with van der Waals surface area (Å²) in [5.41, 5.74) is 8.65. The van der Waals surface area contributed by atoms with Gasteiger partial charge in [-0.1, -0.05) is 18.2 Å². The molecule has 1 aromatic carbocycles. The lowest BCUT2D eigenvalue weighted by Crippen LogP contribution is -2.02. The van der Waals surface area contributed by atoms with Crippen molar-refractivity contribution >= 4 is 16.8 Å². The summed E-state index contributed by atoms with van der Waals surface area (Å²) < 4.78 is 0. The highest BCUT2D eigenvalue weighted by atomic mass is 16.1. The van der Waals surface area contributed by atoms with Crippen LogP contribution in [0.5, 0.6) is 0 Å². The Hall–Kier alpha value is -1.77. The van der Waals surface area contributed by atoms with Gasteiger partial charge in [0.2, 0.25) is 5.91 Å². The maximum atomic E-state index is 10.5. The Labute approximate surface area is 75.6 Å². The van der Waals surface area contributed by atoms with Crippen molar-refractivity contribution in [2.75, 3.05) is 0 Å². The second-order valence-electron chi connectivity index (χ2n) is 2.98. The van der Waals surface area contributed by atoms with E-state index in [2.05, 4.69) is 4.98 Å². The number of amides is 1. The average molecular weight is 173 g/mol. The van der Waals surface area contributed by atoms with E-state index in [0.717, 1.165) is 16.6 Å². The Kier molecular flexibility index (Phi) is 1.77. The van der Waals surface area contributed by atoms with Gasteiger partial charge in [0.05, 0.1) is 6.42 Å². The van der Waals surface area contributed by atoms with E-state index in [1.807, 2.05) is 30.3 Å². The minimum atomic E-state index is -0.563. The van der Waals surface area contributed by atoms with E-state index in [-0.39, 0.29) is 6.42 Å². The Balaban J connectivity index is 2.44. The fraction of sp³-hybridized carbons (Fsp3) is 0.100. The summed E-state index contributed by atoms with van der Waals surface area (Å²) in [6.07, 6.45) is 0.161. The molecule has 2 rings (SSSR count). The molecule has 0 fully saturated rings. The smallest absolute Gasteiger partial charge is 0.244 e. The van der Waals surface area contributed by atoms with Crippen molar-refractivity contribution in [3.05, 3.63) is 36.0 Å². The third-order valence-electron chi connectivity index (χ3n) is 1.94. The molecule has 0 saturated carbocycles. The first-order valence-corrected chi connectivity index (χ1v) is 4.07. The largest absolute Gasteiger partial charge is 0.358 e. The quantitative estimate of drug-likeness (QED) is 0.735. The van der Waals surface area contributed by atoms with Crippen molar-refractivity contribution in [2.45, 2.75) is 6.42 Å². The van der Waals surface area contributed by atoms with Gasteiger partial charge in [-0.05, 0) is 17.5 Å². The van der Waals surface area contributed by atoms with Crippen LogP contribution in [-0.2, 0) is 11.2 Å². The van der Waals surface area contributed by atoms with Crippen LogP contribution in [0.15, 0.2) is 30.3 Å². The number of carbonyl (C=O) groups is 1. The molecule has 65 valence electrons. The Morgan fingerprint density at radius 2 is 2.15 bits per heavy atom. The van der Waals surface area contributed by atoms with Crippen LogP contribution in [-0.4, -0.2) is 10.9 Å². The fourth-order valence-corrected chi connectivity index (χ4v) is 1.40. The van der Waals surface area contributed by atoms with Crippen LogP contribution in [0, 0.1) is 0 Å². The molecule has 2 N–H and O–H groups in total. The molecule has 1 amide bonds. The van der Waals surface area contributed by atoms with E-state index in [1.165, 1.54) is 0 Å². The molecule has 2 aromatic rings. The molecule has 3 nitrogen and oxygen atoms in total. The minimum Gasteiger partial charge on any atom is -0.358 e. The van der Waals surface area contributed by atoms with Crippen molar-refractivity contribution in [3.8, 4) is 0 Å². The van der Waals surface area contributed by atoms with Crippen molar-refractivity contribution < 1.29 is 4.79 Å². The van der Waals surface area contributed by atoms with E-state index in [0.29, 0.717) is 0 Å². The maximum absolute atomic E-state index is 10.5. The van der Waals surface area contributed by atoms with Crippen LogP contribution < -0.4 is 5.73 Å². The van der Waals surface area contributed by atoms with E-state index in [9.17, 15) is 4.79 Å². The molecule has 3 heteroatoms. The zero-order valence-corrected chi connectivity index (χ0v) is 7.00. The summed E-state index contributed by atoms with van der Waals surface area (Å²) in [6.45, 7) is 0. The number of H-pyrrole nitrogens is 1. The lowest BCUT2D eigenvalue weighted by Gasteiger charge is -1.88. The summed E-state index contributed by atoms with van der Waals surface area (Å²) in [4.78, 5) is 13.6. The number of para-hydroxylation sites is 1. The minimum absolute atomic E-state index is 0.161. The summed E-state index contributed by atoms with van der Waals surface area (Å²) in [5.74, 6) is -0.563. The van der Waals surface area contributed by atoms with Gasteiger partial charge >= 0.3 is 0 Å². The van der Waals surface area contributed by atoms with Crippen molar-refractivity contribution in [1.82, 2.24) is 10.7 Å². The molecule has 0 bridgehead atoms. The van der Waals surface area contributed by atoms with E-state index >= 15 is 0 Å². The van der Waals surface area contributed by atoms with E-state index in [1.54, 1.807) is 0 Å². The summed E-state index contributed by atoms with van der Waals surface area (Å²) >= 11 is 0. The topological polar surface area (TPSA) is 56.7 Å². The summed E-state index contributed by atoms with van der Waals surface area (Å²) in [6, 6.07) is 9.71. The molecule has 0 aliphatic heterocycles. The Bertz CT molecular complexity index is 412. The second kappa shape index (κ2) is 2.94. The van der Waals surface area contributed by atoms with Crippen LogP contribution in [0.4, 0.5) is 0 Å². The molecule has 0 saturated heterocycles. The SMILES string of the molecule is [NH]C(=O)Cc1cc2ccccc2[nH]1. The van der Waals surface area contributed by atoms with Gasteiger partial charge < -0.3 is 4.98 Å². The van der Waals surface area contributed by atoms with Crippen molar-refractivity contribution in [2.24, 2.45) is 0 Å². The number of rotatable bonds is 2. The molecule has 13 heavy (non-hydrogen) atoms. The van der Waals surface area contributed by atoms with Crippen molar-refractivity contribution in [3.63, 3.8) is 0 Å². The zero-order valence-electron chi connectivity index (χ0n) is 7.00. The molecule has 0 spiro atoms. The summed E-state index contributed by atoms with van der Waals surface area (Å²) in [7, 11) is 0.